The third-order valence-corrected chi connectivity index (χ3v) is 2.68. The molecule has 0 aliphatic rings. The largest absolute Gasteiger partial charge is 0.419 e. The number of fused-ring (bicyclic) bond motifs is 3. The van der Waals surface area contributed by atoms with E-state index in [0.29, 0.717) is 11.9 Å². The van der Waals surface area contributed by atoms with E-state index in [1.165, 1.54) is 10.8 Å². The van der Waals surface area contributed by atoms with Crippen molar-refractivity contribution < 1.29 is 17.6 Å². The van der Waals surface area contributed by atoms with Gasteiger partial charge in [0.25, 0.3) is 0 Å². The molecule has 0 aliphatic heterocycles. The van der Waals surface area contributed by atoms with Gasteiger partial charge >= 0.3 is 6.18 Å². The van der Waals surface area contributed by atoms with E-state index in [2.05, 4.69) is 15.1 Å². The van der Waals surface area contributed by atoms with Gasteiger partial charge in [-0.1, -0.05) is 0 Å². The van der Waals surface area contributed by atoms with Crippen molar-refractivity contribution in [3.63, 3.8) is 0 Å². The molecule has 0 unspecified atom stereocenters. The van der Waals surface area contributed by atoms with Gasteiger partial charge in [0.15, 0.2) is 5.65 Å². The van der Waals surface area contributed by atoms with Crippen molar-refractivity contribution in [3.05, 3.63) is 35.7 Å². The quantitative estimate of drug-likeness (QED) is 0.590. The van der Waals surface area contributed by atoms with Gasteiger partial charge in [0.1, 0.15) is 18.0 Å². The van der Waals surface area contributed by atoms with Crippen molar-refractivity contribution in [2.75, 3.05) is 0 Å². The van der Waals surface area contributed by atoms with E-state index in [1.807, 2.05) is 0 Å². The van der Waals surface area contributed by atoms with Crippen LogP contribution in [0.1, 0.15) is 11.4 Å². The van der Waals surface area contributed by atoms with E-state index in [1.54, 1.807) is 6.92 Å². The summed E-state index contributed by atoms with van der Waals surface area (Å²) in [5.74, 6) is -0.926. The number of aryl methyl sites for hydroxylation is 1. The molecule has 3 aromatic rings. The molecule has 0 spiro atoms. The fourth-order valence-corrected chi connectivity index (χ4v) is 1.88. The van der Waals surface area contributed by atoms with Gasteiger partial charge in [0.2, 0.25) is 0 Å². The lowest BCUT2D eigenvalue weighted by Crippen LogP contribution is -2.08. The average molecular weight is 270 g/mol. The first-order valence-corrected chi connectivity index (χ1v) is 5.25. The lowest BCUT2D eigenvalue weighted by atomic mass is 10.1. The van der Waals surface area contributed by atoms with Crippen LogP contribution < -0.4 is 0 Å². The molecular weight excluding hydrogens is 264 g/mol. The summed E-state index contributed by atoms with van der Waals surface area (Å²) in [6.45, 7) is 1.62. The Balaban J connectivity index is 2.40. The minimum absolute atomic E-state index is 0.0219. The number of halogens is 4. The summed E-state index contributed by atoms with van der Waals surface area (Å²) in [7, 11) is 0. The molecule has 98 valence electrons. The minimum Gasteiger partial charge on any atom is -0.236 e. The molecule has 0 bridgehead atoms. The van der Waals surface area contributed by atoms with E-state index in [-0.39, 0.29) is 16.6 Å². The summed E-state index contributed by atoms with van der Waals surface area (Å²) in [6, 6.07) is 1.46. The molecule has 0 saturated heterocycles. The van der Waals surface area contributed by atoms with Crippen LogP contribution in [0.4, 0.5) is 17.6 Å². The van der Waals surface area contributed by atoms with Crippen LogP contribution in [0, 0.1) is 12.7 Å². The molecule has 0 atom stereocenters. The number of rotatable bonds is 0. The maximum Gasteiger partial charge on any atom is 0.419 e. The molecule has 8 heteroatoms. The number of aromatic nitrogens is 4. The summed E-state index contributed by atoms with van der Waals surface area (Å²) in [5.41, 5.74) is -1.04. The van der Waals surface area contributed by atoms with Crippen LogP contribution in [-0.2, 0) is 6.18 Å². The topological polar surface area (TPSA) is 43.1 Å². The first-order valence-electron chi connectivity index (χ1n) is 5.25. The van der Waals surface area contributed by atoms with Crippen molar-refractivity contribution >= 4 is 16.6 Å². The maximum atomic E-state index is 13.5. The Hall–Kier alpha value is -2.25. The zero-order chi connectivity index (χ0) is 13.8. The Morgan fingerprint density at radius 2 is 1.95 bits per heavy atom. The molecule has 0 amide bonds. The zero-order valence-corrected chi connectivity index (χ0v) is 9.53. The number of alkyl halides is 3. The second-order valence-corrected chi connectivity index (χ2v) is 4.02. The number of hydrogen-bond acceptors (Lipinski definition) is 3. The zero-order valence-electron chi connectivity index (χ0n) is 9.53. The van der Waals surface area contributed by atoms with Gasteiger partial charge in [-0.15, -0.1) is 0 Å². The molecule has 3 rings (SSSR count). The highest BCUT2D eigenvalue weighted by atomic mass is 19.4. The Kier molecular flexibility index (Phi) is 2.25. The predicted molar refractivity (Wildman–Crippen MR) is 58.0 cm³/mol. The number of nitrogens with zero attached hydrogens (tertiary/aromatic N) is 4. The first kappa shape index (κ1) is 11.8. The summed E-state index contributed by atoms with van der Waals surface area (Å²) < 4.78 is 52.6. The maximum absolute atomic E-state index is 13.5. The minimum atomic E-state index is -4.75. The second-order valence-electron chi connectivity index (χ2n) is 4.02. The van der Waals surface area contributed by atoms with Crippen LogP contribution in [0.25, 0.3) is 16.6 Å². The smallest absolute Gasteiger partial charge is 0.236 e. The van der Waals surface area contributed by atoms with Crippen molar-refractivity contribution in [2.45, 2.75) is 13.1 Å². The van der Waals surface area contributed by atoms with Gasteiger partial charge in [0.05, 0.1) is 11.1 Å². The molecule has 0 saturated carbocycles. The molecule has 0 aliphatic carbocycles. The molecular formula is C11H6F4N4. The normalized spacial score (nSPS) is 12.5. The van der Waals surface area contributed by atoms with Crippen LogP contribution in [0.3, 0.4) is 0 Å². The fourth-order valence-electron chi connectivity index (χ4n) is 1.88. The molecule has 1 aromatic carbocycles. The monoisotopic (exact) mass is 270 g/mol. The van der Waals surface area contributed by atoms with Gasteiger partial charge in [-0.05, 0) is 19.1 Å². The highest BCUT2D eigenvalue weighted by Gasteiger charge is 2.34. The fraction of sp³-hybridized carbons (Fsp3) is 0.182. The summed E-state index contributed by atoms with van der Waals surface area (Å²) in [5, 5.41) is 4.15. The number of benzene rings is 1. The second kappa shape index (κ2) is 3.62. The van der Waals surface area contributed by atoms with Gasteiger partial charge < -0.3 is 0 Å². The van der Waals surface area contributed by atoms with Crippen molar-refractivity contribution in [1.82, 2.24) is 19.6 Å². The average Bonchev–Trinajstić information content (AvgIpc) is 2.67. The van der Waals surface area contributed by atoms with Gasteiger partial charge in [-0.3, -0.25) is 0 Å². The van der Waals surface area contributed by atoms with Crippen LogP contribution in [0.2, 0.25) is 0 Å². The molecule has 19 heavy (non-hydrogen) atoms. The van der Waals surface area contributed by atoms with Gasteiger partial charge in [-0.2, -0.15) is 18.3 Å². The predicted octanol–water partition coefficient (Wildman–Crippen LogP) is 2.74. The van der Waals surface area contributed by atoms with Crippen LogP contribution in [0.5, 0.6) is 0 Å². The van der Waals surface area contributed by atoms with E-state index in [9.17, 15) is 17.6 Å². The van der Waals surface area contributed by atoms with Gasteiger partial charge in [0, 0.05) is 5.39 Å². The summed E-state index contributed by atoms with van der Waals surface area (Å²) >= 11 is 0. The van der Waals surface area contributed by atoms with E-state index >= 15 is 0 Å². The molecule has 2 heterocycles. The van der Waals surface area contributed by atoms with Crippen LogP contribution >= 0.6 is 0 Å². The lowest BCUT2D eigenvalue weighted by Gasteiger charge is -2.09. The summed E-state index contributed by atoms with van der Waals surface area (Å²) in [6.07, 6.45) is -3.51. The summed E-state index contributed by atoms with van der Waals surface area (Å²) in [4.78, 5) is 7.87. The molecule has 0 N–H and O–H groups in total. The highest BCUT2D eigenvalue weighted by molar-refractivity contribution is 5.91. The highest BCUT2D eigenvalue weighted by Crippen LogP contribution is 2.33. The lowest BCUT2D eigenvalue weighted by molar-refractivity contribution is -0.139. The van der Waals surface area contributed by atoms with E-state index in [4.69, 9.17) is 0 Å². The van der Waals surface area contributed by atoms with Crippen molar-refractivity contribution in [1.29, 1.82) is 0 Å². The Morgan fingerprint density at radius 3 is 2.63 bits per heavy atom. The van der Waals surface area contributed by atoms with E-state index in [0.717, 1.165) is 6.07 Å². The SMILES string of the molecule is Cc1nc2c3cc(F)c(C(F)(F)F)cc3ncn2n1. The van der Waals surface area contributed by atoms with Crippen LogP contribution in [-0.4, -0.2) is 19.6 Å². The van der Waals surface area contributed by atoms with Crippen molar-refractivity contribution in [3.8, 4) is 0 Å². The molecule has 0 fully saturated rings. The van der Waals surface area contributed by atoms with Crippen molar-refractivity contribution in [2.24, 2.45) is 0 Å². The standard InChI is InChI=1S/C11H6F4N4/c1-5-17-10-6-2-8(12)7(11(13,14)15)3-9(6)16-4-19(10)18-5/h2-4H,1H3. The Bertz CT molecular complexity index is 791. The Morgan fingerprint density at radius 1 is 1.21 bits per heavy atom. The Labute approximate surface area is 103 Å². The molecule has 4 nitrogen and oxygen atoms in total. The molecule has 2 aromatic heterocycles. The third-order valence-electron chi connectivity index (χ3n) is 2.68. The van der Waals surface area contributed by atoms with E-state index < -0.39 is 17.6 Å². The van der Waals surface area contributed by atoms with Crippen LogP contribution in [0.15, 0.2) is 18.5 Å². The number of hydrogen-bond donors (Lipinski definition) is 0. The molecule has 0 radical (unpaired) electrons. The third kappa shape index (κ3) is 1.79. The van der Waals surface area contributed by atoms with Gasteiger partial charge in [-0.25, -0.2) is 18.9 Å². The first-order chi connectivity index (χ1) is 8.86.